The molecule has 1 aliphatic rings. The van der Waals surface area contributed by atoms with Crippen LogP contribution in [0.4, 0.5) is 0 Å². The Morgan fingerprint density at radius 1 is 1.47 bits per heavy atom. The van der Waals surface area contributed by atoms with Crippen LogP contribution in [0.2, 0.25) is 0 Å². The van der Waals surface area contributed by atoms with E-state index in [4.69, 9.17) is 4.74 Å². The van der Waals surface area contributed by atoms with Gasteiger partial charge in [0.1, 0.15) is 0 Å². The quantitative estimate of drug-likeness (QED) is 0.497. The molecule has 7 heteroatoms. The second-order valence-corrected chi connectivity index (χ2v) is 4.49. The summed E-state index contributed by atoms with van der Waals surface area (Å²) in [7, 11) is 1.18. The van der Waals surface area contributed by atoms with Gasteiger partial charge in [-0.05, 0) is 13.0 Å². The zero-order valence-electron chi connectivity index (χ0n) is 11.3. The first-order valence-electron chi connectivity index (χ1n) is 6.44. The van der Waals surface area contributed by atoms with E-state index in [1.165, 1.54) is 7.11 Å². The summed E-state index contributed by atoms with van der Waals surface area (Å²) in [6.45, 7) is 3.56. The number of ether oxygens (including phenoxy) is 2. The molecule has 0 aromatic heterocycles. The fraction of sp³-hybridized carbons (Fsp3) is 0.833. The van der Waals surface area contributed by atoms with Crippen molar-refractivity contribution in [2.75, 3.05) is 33.4 Å². The summed E-state index contributed by atoms with van der Waals surface area (Å²) in [5, 5.41) is 15.2. The first-order valence-corrected chi connectivity index (χ1v) is 6.44. The molecule has 3 atom stereocenters. The van der Waals surface area contributed by atoms with E-state index in [9.17, 15) is 14.7 Å². The van der Waals surface area contributed by atoms with Crippen molar-refractivity contribution < 1.29 is 24.2 Å². The number of nitrogens with one attached hydrogen (secondary N) is 2. The lowest BCUT2D eigenvalue weighted by molar-refractivity contribution is -0.150. The minimum Gasteiger partial charge on any atom is -0.467 e. The number of carbonyl (C=O) groups excluding carboxylic acids is 2. The van der Waals surface area contributed by atoms with Gasteiger partial charge >= 0.3 is 5.97 Å². The minimum atomic E-state index is -1.33. The molecule has 19 heavy (non-hydrogen) atoms. The summed E-state index contributed by atoms with van der Waals surface area (Å²) in [5.74, 6) is -1.28. The van der Waals surface area contributed by atoms with Crippen LogP contribution in [0.15, 0.2) is 0 Å². The molecule has 110 valence electrons. The third-order valence-corrected chi connectivity index (χ3v) is 3.02. The van der Waals surface area contributed by atoms with Gasteiger partial charge in [-0.3, -0.25) is 4.79 Å². The highest BCUT2D eigenvalue weighted by molar-refractivity contribution is 5.81. The van der Waals surface area contributed by atoms with Gasteiger partial charge in [0.2, 0.25) is 5.91 Å². The van der Waals surface area contributed by atoms with Crippen molar-refractivity contribution in [2.24, 2.45) is 5.92 Å². The third-order valence-electron chi connectivity index (χ3n) is 3.02. The average Bonchev–Trinajstić information content (AvgIpc) is 2.89. The van der Waals surface area contributed by atoms with Crippen LogP contribution < -0.4 is 10.6 Å². The molecule has 1 saturated heterocycles. The molecule has 0 bridgehead atoms. The largest absolute Gasteiger partial charge is 0.467 e. The van der Waals surface area contributed by atoms with Crippen molar-refractivity contribution in [1.82, 2.24) is 10.6 Å². The van der Waals surface area contributed by atoms with Gasteiger partial charge in [-0.2, -0.15) is 0 Å². The second-order valence-electron chi connectivity index (χ2n) is 4.49. The van der Waals surface area contributed by atoms with Crippen LogP contribution in [-0.2, 0) is 19.1 Å². The number of rotatable bonds is 7. The SMILES string of the molecule is CCCNC1COCC1C(=O)NCC(O)C(=O)OC. The molecule has 1 amide bonds. The van der Waals surface area contributed by atoms with Crippen LogP contribution in [0.25, 0.3) is 0 Å². The van der Waals surface area contributed by atoms with E-state index in [1.807, 2.05) is 6.92 Å². The van der Waals surface area contributed by atoms with Crippen LogP contribution in [0.3, 0.4) is 0 Å². The Morgan fingerprint density at radius 2 is 2.21 bits per heavy atom. The summed E-state index contributed by atoms with van der Waals surface area (Å²) < 4.78 is 9.65. The van der Waals surface area contributed by atoms with E-state index >= 15 is 0 Å². The molecular weight excluding hydrogens is 252 g/mol. The van der Waals surface area contributed by atoms with Crippen LogP contribution in [0.1, 0.15) is 13.3 Å². The zero-order chi connectivity index (χ0) is 14.3. The minimum absolute atomic E-state index is 0.0183. The van der Waals surface area contributed by atoms with Crippen molar-refractivity contribution in [3.63, 3.8) is 0 Å². The number of aliphatic hydroxyl groups is 1. The van der Waals surface area contributed by atoms with Gasteiger partial charge in [-0.25, -0.2) is 4.79 Å². The van der Waals surface area contributed by atoms with Crippen LogP contribution in [-0.4, -0.2) is 62.5 Å². The molecule has 7 nitrogen and oxygen atoms in total. The number of methoxy groups -OCH3 is 1. The topological polar surface area (TPSA) is 96.9 Å². The maximum absolute atomic E-state index is 11.9. The normalized spacial score (nSPS) is 23.9. The van der Waals surface area contributed by atoms with Crippen molar-refractivity contribution >= 4 is 11.9 Å². The first kappa shape index (κ1) is 15.9. The van der Waals surface area contributed by atoms with E-state index < -0.39 is 12.1 Å². The lowest BCUT2D eigenvalue weighted by Crippen LogP contribution is -2.46. The fourth-order valence-electron chi connectivity index (χ4n) is 1.89. The molecule has 1 aliphatic heterocycles. The molecule has 3 unspecified atom stereocenters. The third kappa shape index (κ3) is 4.77. The number of amides is 1. The Bertz CT molecular complexity index is 310. The summed E-state index contributed by atoms with van der Waals surface area (Å²) >= 11 is 0. The summed E-state index contributed by atoms with van der Waals surface area (Å²) in [6.07, 6.45) is -0.357. The Hall–Kier alpha value is -1.18. The Labute approximate surface area is 112 Å². The van der Waals surface area contributed by atoms with E-state index in [-0.39, 0.29) is 24.4 Å². The number of hydrogen-bond donors (Lipinski definition) is 3. The molecule has 1 heterocycles. The van der Waals surface area contributed by atoms with E-state index in [1.54, 1.807) is 0 Å². The Kier molecular flexibility index (Phi) is 6.75. The van der Waals surface area contributed by atoms with Gasteiger partial charge in [-0.1, -0.05) is 6.92 Å². The van der Waals surface area contributed by atoms with Crippen molar-refractivity contribution in [1.29, 1.82) is 0 Å². The van der Waals surface area contributed by atoms with Gasteiger partial charge in [0, 0.05) is 6.04 Å². The molecule has 0 saturated carbocycles. The van der Waals surface area contributed by atoms with Crippen molar-refractivity contribution in [3.05, 3.63) is 0 Å². The molecule has 0 aromatic carbocycles. The Morgan fingerprint density at radius 3 is 2.84 bits per heavy atom. The highest BCUT2D eigenvalue weighted by Crippen LogP contribution is 2.13. The standard InChI is InChI=1S/C12H22N2O5/c1-3-4-13-9-7-19-6-8(9)11(16)14-5-10(15)12(17)18-2/h8-10,13,15H,3-7H2,1-2H3,(H,14,16). The number of aliphatic hydroxyl groups excluding tert-OH is 1. The molecule has 3 N–H and O–H groups in total. The van der Waals surface area contributed by atoms with Gasteiger partial charge < -0.3 is 25.2 Å². The monoisotopic (exact) mass is 274 g/mol. The number of esters is 1. The van der Waals surface area contributed by atoms with Crippen LogP contribution >= 0.6 is 0 Å². The maximum atomic E-state index is 11.9. The van der Waals surface area contributed by atoms with E-state index in [2.05, 4.69) is 15.4 Å². The predicted molar refractivity (Wildman–Crippen MR) is 67.4 cm³/mol. The van der Waals surface area contributed by atoms with Crippen molar-refractivity contribution in [3.8, 4) is 0 Å². The molecule has 0 aliphatic carbocycles. The lowest BCUT2D eigenvalue weighted by atomic mass is 10.0. The molecule has 1 fully saturated rings. The Balaban J connectivity index is 2.37. The van der Waals surface area contributed by atoms with E-state index in [0.29, 0.717) is 13.2 Å². The molecule has 1 rings (SSSR count). The molecule has 0 aromatic rings. The summed E-state index contributed by atoms with van der Waals surface area (Å²) in [6, 6.07) is -0.0183. The molecular formula is C12H22N2O5. The van der Waals surface area contributed by atoms with E-state index in [0.717, 1.165) is 13.0 Å². The second kappa shape index (κ2) is 8.08. The fourth-order valence-corrected chi connectivity index (χ4v) is 1.89. The predicted octanol–water partition coefficient (Wildman–Crippen LogP) is -1.35. The zero-order valence-corrected chi connectivity index (χ0v) is 11.3. The average molecular weight is 274 g/mol. The van der Waals surface area contributed by atoms with Crippen LogP contribution in [0.5, 0.6) is 0 Å². The summed E-state index contributed by atoms with van der Waals surface area (Å²) in [5.41, 5.74) is 0. The maximum Gasteiger partial charge on any atom is 0.336 e. The highest BCUT2D eigenvalue weighted by atomic mass is 16.5. The molecule has 0 radical (unpaired) electrons. The van der Waals surface area contributed by atoms with Gasteiger partial charge in [0.25, 0.3) is 0 Å². The lowest BCUT2D eigenvalue weighted by Gasteiger charge is -2.19. The van der Waals surface area contributed by atoms with Crippen molar-refractivity contribution in [2.45, 2.75) is 25.5 Å². The van der Waals surface area contributed by atoms with Gasteiger partial charge in [-0.15, -0.1) is 0 Å². The number of hydrogen-bond acceptors (Lipinski definition) is 6. The van der Waals surface area contributed by atoms with Gasteiger partial charge in [0.05, 0.1) is 32.8 Å². The molecule has 0 spiro atoms. The number of carbonyl (C=O) groups is 2. The van der Waals surface area contributed by atoms with Crippen LogP contribution in [0, 0.1) is 5.92 Å². The first-order chi connectivity index (χ1) is 9.10. The van der Waals surface area contributed by atoms with Gasteiger partial charge in [0.15, 0.2) is 6.10 Å². The smallest absolute Gasteiger partial charge is 0.336 e. The summed E-state index contributed by atoms with van der Waals surface area (Å²) in [4.78, 5) is 22.9. The highest BCUT2D eigenvalue weighted by Gasteiger charge is 2.33.